The predicted octanol–water partition coefficient (Wildman–Crippen LogP) is 4.68. The van der Waals surface area contributed by atoms with Crippen LogP contribution in [0.4, 0.5) is 11.4 Å². The Balaban J connectivity index is 1.20. The molecule has 0 atom stereocenters. The molecule has 1 saturated carbocycles. The van der Waals surface area contributed by atoms with E-state index >= 15 is 0 Å². The van der Waals surface area contributed by atoms with E-state index in [0.29, 0.717) is 5.69 Å². The number of hydrogen-bond donors (Lipinski definition) is 3. The van der Waals surface area contributed by atoms with Gasteiger partial charge in [-0.25, -0.2) is 0 Å². The highest BCUT2D eigenvalue weighted by molar-refractivity contribution is 6.02. The number of hydrogen-bond acceptors (Lipinski definition) is 3. The molecule has 1 aromatic heterocycles. The zero-order valence-corrected chi connectivity index (χ0v) is 18.7. The van der Waals surface area contributed by atoms with Crippen molar-refractivity contribution in [1.82, 2.24) is 10.3 Å². The minimum Gasteiger partial charge on any atom is -0.371 e. The molecule has 2 heterocycles. The van der Waals surface area contributed by atoms with Crippen molar-refractivity contribution in [2.75, 3.05) is 23.3 Å². The van der Waals surface area contributed by atoms with E-state index in [-0.39, 0.29) is 23.3 Å². The van der Waals surface area contributed by atoms with E-state index in [1.54, 1.807) is 18.3 Å². The standard InChI is InChI=1S/C27H30N4O2/c32-25(20-13-18-31(19-14-20)23-6-2-1-3-7-23)30-27(15-5-16-27)21-9-11-22(12-10-21)29-26(33)24-8-4-17-28-24/h1-4,6-12,17,20,28H,5,13-16,18-19H2,(H,29,33)(H,30,32). The van der Waals surface area contributed by atoms with Crippen molar-refractivity contribution in [1.29, 1.82) is 0 Å². The van der Waals surface area contributed by atoms with Crippen LogP contribution in [-0.2, 0) is 10.3 Å². The second kappa shape index (κ2) is 9.14. The van der Waals surface area contributed by atoms with Crippen molar-refractivity contribution in [2.24, 2.45) is 5.92 Å². The quantitative estimate of drug-likeness (QED) is 0.519. The van der Waals surface area contributed by atoms with E-state index in [0.717, 1.165) is 56.4 Å². The maximum absolute atomic E-state index is 13.2. The van der Waals surface area contributed by atoms with E-state index in [1.807, 2.05) is 30.3 Å². The lowest BCUT2D eigenvalue weighted by atomic mass is 9.71. The number of para-hydroxylation sites is 1. The van der Waals surface area contributed by atoms with Gasteiger partial charge in [-0.3, -0.25) is 9.59 Å². The summed E-state index contributed by atoms with van der Waals surface area (Å²) in [7, 11) is 0. The third-order valence-electron chi connectivity index (χ3n) is 7.09. The van der Waals surface area contributed by atoms with E-state index in [2.05, 4.69) is 44.8 Å². The molecular formula is C27H30N4O2. The van der Waals surface area contributed by atoms with Crippen molar-refractivity contribution in [2.45, 2.75) is 37.6 Å². The molecule has 33 heavy (non-hydrogen) atoms. The summed E-state index contributed by atoms with van der Waals surface area (Å²) in [6, 6.07) is 21.9. The van der Waals surface area contributed by atoms with Crippen LogP contribution in [0.1, 0.15) is 48.2 Å². The number of amides is 2. The summed E-state index contributed by atoms with van der Waals surface area (Å²) in [4.78, 5) is 30.7. The largest absolute Gasteiger partial charge is 0.371 e. The Morgan fingerprint density at radius 2 is 1.64 bits per heavy atom. The molecule has 0 radical (unpaired) electrons. The fourth-order valence-corrected chi connectivity index (χ4v) is 4.94. The molecule has 1 aliphatic heterocycles. The van der Waals surface area contributed by atoms with E-state index in [9.17, 15) is 9.59 Å². The first-order valence-electron chi connectivity index (χ1n) is 11.8. The van der Waals surface area contributed by atoms with Gasteiger partial charge in [-0.05, 0) is 74.1 Å². The number of carbonyl (C=O) groups is 2. The van der Waals surface area contributed by atoms with Crippen molar-refractivity contribution in [3.63, 3.8) is 0 Å². The van der Waals surface area contributed by atoms with Crippen molar-refractivity contribution in [3.05, 3.63) is 84.2 Å². The van der Waals surface area contributed by atoms with Gasteiger partial charge in [0, 0.05) is 36.6 Å². The fourth-order valence-electron chi connectivity index (χ4n) is 4.94. The van der Waals surface area contributed by atoms with Crippen LogP contribution in [0.3, 0.4) is 0 Å². The second-order valence-electron chi connectivity index (χ2n) is 9.14. The van der Waals surface area contributed by atoms with Crippen LogP contribution in [0, 0.1) is 5.92 Å². The number of benzene rings is 2. The number of aromatic nitrogens is 1. The minimum absolute atomic E-state index is 0.0572. The molecule has 3 aromatic rings. The summed E-state index contributed by atoms with van der Waals surface area (Å²) in [5.41, 5.74) is 3.33. The van der Waals surface area contributed by atoms with Gasteiger partial charge in [0.25, 0.3) is 5.91 Å². The van der Waals surface area contributed by atoms with E-state index in [4.69, 9.17) is 0 Å². The number of piperidine rings is 1. The first-order valence-corrected chi connectivity index (χ1v) is 11.8. The highest BCUT2D eigenvalue weighted by Crippen LogP contribution is 2.42. The molecule has 0 bridgehead atoms. The SMILES string of the molecule is O=C(Nc1ccc(C2(NC(=O)C3CCN(c4ccccc4)CC3)CCC2)cc1)c1ccc[nH]1. The summed E-state index contributed by atoms with van der Waals surface area (Å²) in [6.07, 6.45) is 6.50. The average Bonchev–Trinajstić information content (AvgIpc) is 3.38. The summed E-state index contributed by atoms with van der Waals surface area (Å²) in [6.45, 7) is 1.81. The number of aromatic amines is 1. The van der Waals surface area contributed by atoms with Gasteiger partial charge >= 0.3 is 0 Å². The molecule has 170 valence electrons. The minimum atomic E-state index is -0.282. The Morgan fingerprint density at radius 1 is 0.909 bits per heavy atom. The maximum Gasteiger partial charge on any atom is 0.272 e. The first-order chi connectivity index (χ1) is 16.1. The van der Waals surface area contributed by atoms with Gasteiger partial charge in [-0.2, -0.15) is 0 Å². The number of H-pyrrole nitrogens is 1. The normalized spacial score (nSPS) is 17.8. The number of rotatable bonds is 6. The van der Waals surface area contributed by atoms with Crippen LogP contribution >= 0.6 is 0 Å². The van der Waals surface area contributed by atoms with E-state index < -0.39 is 0 Å². The predicted molar refractivity (Wildman–Crippen MR) is 130 cm³/mol. The van der Waals surface area contributed by atoms with Crippen LogP contribution in [-0.4, -0.2) is 29.9 Å². The molecule has 3 N–H and O–H groups in total. The lowest BCUT2D eigenvalue weighted by Gasteiger charge is -2.44. The van der Waals surface area contributed by atoms with Crippen LogP contribution in [0.25, 0.3) is 0 Å². The average molecular weight is 443 g/mol. The molecule has 2 amide bonds. The molecule has 2 fully saturated rings. The van der Waals surface area contributed by atoms with Gasteiger partial charge in [-0.15, -0.1) is 0 Å². The van der Waals surface area contributed by atoms with Crippen LogP contribution in [0.2, 0.25) is 0 Å². The molecule has 2 aromatic carbocycles. The van der Waals surface area contributed by atoms with Crippen LogP contribution in [0.15, 0.2) is 72.9 Å². The van der Waals surface area contributed by atoms with Gasteiger partial charge in [0.15, 0.2) is 0 Å². The lowest BCUT2D eigenvalue weighted by molar-refractivity contribution is -0.129. The number of carbonyl (C=O) groups excluding carboxylic acids is 2. The molecule has 0 unspecified atom stereocenters. The van der Waals surface area contributed by atoms with Gasteiger partial charge in [0.2, 0.25) is 5.91 Å². The van der Waals surface area contributed by atoms with E-state index in [1.165, 1.54) is 5.69 Å². The Morgan fingerprint density at radius 3 is 2.24 bits per heavy atom. The fraction of sp³-hybridized carbons (Fsp3) is 0.333. The van der Waals surface area contributed by atoms with Crippen molar-refractivity contribution >= 4 is 23.2 Å². The molecular weight excluding hydrogens is 412 g/mol. The lowest BCUT2D eigenvalue weighted by Crippen LogP contribution is -2.53. The Kier molecular flexibility index (Phi) is 5.90. The number of nitrogens with zero attached hydrogens (tertiary/aromatic N) is 1. The first kappa shape index (κ1) is 21.3. The monoisotopic (exact) mass is 442 g/mol. The highest BCUT2D eigenvalue weighted by atomic mass is 16.2. The summed E-state index contributed by atoms with van der Waals surface area (Å²) in [5.74, 6) is 0.0644. The zero-order chi connectivity index (χ0) is 22.7. The molecule has 6 heteroatoms. The van der Waals surface area contributed by atoms with Crippen molar-refractivity contribution < 1.29 is 9.59 Å². The maximum atomic E-state index is 13.2. The Bertz CT molecular complexity index is 1080. The summed E-state index contributed by atoms with van der Waals surface area (Å²) < 4.78 is 0. The van der Waals surface area contributed by atoms with Crippen LogP contribution in [0.5, 0.6) is 0 Å². The van der Waals surface area contributed by atoms with Gasteiger partial charge in [0.1, 0.15) is 5.69 Å². The second-order valence-corrected chi connectivity index (χ2v) is 9.14. The summed E-state index contributed by atoms with van der Waals surface area (Å²) >= 11 is 0. The third-order valence-corrected chi connectivity index (χ3v) is 7.09. The van der Waals surface area contributed by atoms with Crippen molar-refractivity contribution in [3.8, 4) is 0 Å². The van der Waals surface area contributed by atoms with Gasteiger partial charge in [-0.1, -0.05) is 30.3 Å². The third kappa shape index (κ3) is 4.51. The Labute approximate surface area is 194 Å². The van der Waals surface area contributed by atoms with Gasteiger partial charge in [0.05, 0.1) is 5.54 Å². The smallest absolute Gasteiger partial charge is 0.272 e. The molecule has 1 aliphatic carbocycles. The molecule has 0 spiro atoms. The van der Waals surface area contributed by atoms with Gasteiger partial charge < -0.3 is 20.5 Å². The molecule has 5 rings (SSSR count). The highest BCUT2D eigenvalue weighted by Gasteiger charge is 2.41. The molecule has 6 nitrogen and oxygen atoms in total. The summed E-state index contributed by atoms with van der Waals surface area (Å²) in [5, 5.41) is 6.31. The Hall–Kier alpha value is -3.54. The van der Waals surface area contributed by atoms with Crippen LogP contribution < -0.4 is 15.5 Å². The zero-order valence-electron chi connectivity index (χ0n) is 18.7. The number of anilines is 2. The number of nitrogens with one attached hydrogen (secondary N) is 3. The molecule has 1 saturated heterocycles. The topological polar surface area (TPSA) is 77.2 Å². The molecule has 2 aliphatic rings.